The molecule has 22 heavy (non-hydrogen) atoms. The number of fused-ring (bicyclic) bond motifs is 5. The molecule has 0 aromatic heterocycles. The number of hydrogen-bond acceptors (Lipinski definition) is 1. The van der Waals surface area contributed by atoms with Gasteiger partial charge in [0.15, 0.2) is 0 Å². The van der Waals surface area contributed by atoms with Crippen molar-refractivity contribution in [1.29, 1.82) is 0 Å². The van der Waals surface area contributed by atoms with Crippen LogP contribution in [0.2, 0.25) is 0 Å². The lowest BCUT2D eigenvalue weighted by Crippen LogP contribution is -2.55. The van der Waals surface area contributed by atoms with Crippen molar-refractivity contribution in [2.45, 2.75) is 77.7 Å². The Morgan fingerprint density at radius 2 is 1.77 bits per heavy atom. The number of ketones is 1. The SMILES string of the molecule is CO[C@@H]1CC[C@@H]2[C@H](CC[C@@H]3[C@H]4C(=[OH+])CC[C@@]4(C)CC[C@@]23C)C1. The van der Waals surface area contributed by atoms with Crippen LogP contribution >= 0.6 is 0 Å². The monoisotopic (exact) mass is 305 g/mol. The van der Waals surface area contributed by atoms with E-state index in [0.717, 1.165) is 30.0 Å². The summed E-state index contributed by atoms with van der Waals surface area (Å²) in [6.45, 7) is 5.03. The molecule has 7 atom stereocenters. The van der Waals surface area contributed by atoms with E-state index in [1.54, 1.807) is 0 Å². The summed E-state index contributed by atoms with van der Waals surface area (Å²) in [6.07, 6.45) is 12.0. The van der Waals surface area contributed by atoms with Crippen molar-refractivity contribution in [3.05, 3.63) is 0 Å². The Balaban J connectivity index is 1.63. The molecular formula is C20H33O2+. The molecular weight excluding hydrogens is 272 g/mol. The van der Waals surface area contributed by atoms with Gasteiger partial charge in [0, 0.05) is 7.11 Å². The molecule has 4 fully saturated rings. The summed E-state index contributed by atoms with van der Waals surface area (Å²) < 4.78 is 5.67. The fraction of sp³-hybridized carbons (Fsp3) is 0.950. The predicted octanol–water partition coefficient (Wildman–Crippen LogP) is 4.59. The second-order valence-corrected chi connectivity index (χ2v) is 9.35. The van der Waals surface area contributed by atoms with Gasteiger partial charge in [-0.25, -0.2) is 0 Å². The van der Waals surface area contributed by atoms with E-state index in [0.29, 0.717) is 22.9 Å². The van der Waals surface area contributed by atoms with Crippen molar-refractivity contribution in [3.8, 4) is 0 Å². The van der Waals surface area contributed by atoms with Gasteiger partial charge in [0.1, 0.15) is 0 Å². The third kappa shape index (κ3) is 1.98. The number of rotatable bonds is 1. The van der Waals surface area contributed by atoms with E-state index >= 15 is 0 Å². The highest BCUT2D eigenvalue weighted by atomic mass is 16.5. The summed E-state index contributed by atoms with van der Waals surface area (Å²) in [4.78, 5) is 10.6. The van der Waals surface area contributed by atoms with Gasteiger partial charge in [-0.1, -0.05) is 13.8 Å². The van der Waals surface area contributed by atoms with Crippen molar-refractivity contribution in [2.24, 2.45) is 34.5 Å². The topological polar surface area (TPSA) is 30.6 Å². The number of carbonyl (C=O) groups excluding carboxylic acids is 1. The van der Waals surface area contributed by atoms with Crippen molar-refractivity contribution in [1.82, 2.24) is 0 Å². The van der Waals surface area contributed by atoms with Crippen LogP contribution in [0.3, 0.4) is 0 Å². The average Bonchev–Trinajstić information content (AvgIpc) is 2.83. The fourth-order valence-corrected chi connectivity index (χ4v) is 7.22. The highest BCUT2D eigenvalue weighted by Crippen LogP contribution is 2.66. The van der Waals surface area contributed by atoms with Gasteiger partial charge in [0.2, 0.25) is 0 Å². The van der Waals surface area contributed by atoms with Crippen LogP contribution in [-0.4, -0.2) is 23.8 Å². The van der Waals surface area contributed by atoms with Crippen LogP contribution in [0.4, 0.5) is 0 Å². The minimum absolute atomic E-state index is 0.394. The molecule has 2 heteroatoms. The summed E-state index contributed by atoms with van der Waals surface area (Å²) in [5.41, 5.74) is 0.856. The second kappa shape index (κ2) is 5.06. The standard InChI is InChI=1S/C20H32O2/c1-19-9-8-17(21)18(19)16-6-4-13-12-14(22-3)5-7-15(13)20(16,2)11-10-19/h13-16,18H,4-12H2,1-3H3/p+1/t13-,14-,15-,16-,18+,19+,20+/m1/s1. The first-order valence-electron chi connectivity index (χ1n) is 9.55. The van der Waals surface area contributed by atoms with Crippen molar-refractivity contribution in [3.63, 3.8) is 0 Å². The predicted molar refractivity (Wildman–Crippen MR) is 89.5 cm³/mol. The molecule has 0 saturated heterocycles. The molecule has 124 valence electrons. The molecule has 0 aromatic carbocycles. The minimum Gasteiger partial charge on any atom is -0.381 e. The Labute approximate surface area is 135 Å². The lowest BCUT2D eigenvalue weighted by Gasteiger charge is -2.60. The summed E-state index contributed by atoms with van der Waals surface area (Å²) in [5, 5.41) is 0. The van der Waals surface area contributed by atoms with Gasteiger partial charge in [0.05, 0.1) is 18.4 Å². The molecule has 2 nitrogen and oxygen atoms in total. The molecule has 0 unspecified atom stereocenters. The average molecular weight is 305 g/mol. The molecule has 0 aliphatic heterocycles. The zero-order valence-corrected chi connectivity index (χ0v) is 14.6. The molecule has 0 heterocycles. The maximum absolute atomic E-state index is 10.6. The summed E-state index contributed by atoms with van der Waals surface area (Å²) in [7, 11) is 1.88. The maximum atomic E-state index is 10.6. The molecule has 4 rings (SSSR count). The van der Waals surface area contributed by atoms with Gasteiger partial charge in [-0.3, -0.25) is 4.79 Å². The Kier molecular flexibility index (Phi) is 3.49. The summed E-state index contributed by atoms with van der Waals surface area (Å²) >= 11 is 0. The van der Waals surface area contributed by atoms with Gasteiger partial charge in [-0.15, -0.1) is 0 Å². The lowest BCUT2D eigenvalue weighted by molar-refractivity contribution is -0.119. The van der Waals surface area contributed by atoms with Crippen molar-refractivity contribution < 1.29 is 9.53 Å². The van der Waals surface area contributed by atoms with E-state index in [9.17, 15) is 4.79 Å². The van der Waals surface area contributed by atoms with E-state index in [-0.39, 0.29) is 0 Å². The van der Waals surface area contributed by atoms with E-state index in [2.05, 4.69) is 13.8 Å². The minimum atomic E-state index is 0.394. The highest BCUT2D eigenvalue weighted by Gasteiger charge is 2.63. The quantitative estimate of drug-likeness (QED) is 0.652. The van der Waals surface area contributed by atoms with Crippen LogP contribution in [0.15, 0.2) is 0 Å². The van der Waals surface area contributed by atoms with E-state index in [4.69, 9.17) is 4.74 Å². The van der Waals surface area contributed by atoms with Crippen molar-refractivity contribution >= 4 is 5.78 Å². The Hall–Kier alpha value is -0.370. The van der Waals surface area contributed by atoms with Gasteiger partial charge in [-0.2, -0.15) is 0 Å². The van der Waals surface area contributed by atoms with Crippen LogP contribution in [-0.2, 0) is 4.74 Å². The summed E-state index contributed by atoms with van der Waals surface area (Å²) in [5.74, 6) is 3.81. The zero-order valence-electron chi connectivity index (χ0n) is 14.6. The normalized spacial score (nSPS) is 54.5. The third-order valence-electron chi connectivity index (χ3n) is 8.51. The van der Waals surface area contributed by atoms with E-state index in [1.165, 1.54) is 51.4 Å². The van der Waals surface area contributed by atoms with Crippen LogP contribution < -0.4 is 0 Å². The maximum Gasteiger partial charge on any atom is 0.296 e. The Bertz CT molecular complexity index is 472. The van der Waals surface area contributed by atoms with Gasteiger partial charge >= 0.3 is 0 Å². The van der Waals surface area contributed by atoms with Gasteiger partial charge < -0.3 is 4.74 Å². The molecule has 1 N–H and O–H groups in total. The number of ether oxygens (including phenoxy) is 1. The Morgan fingerprint density at radius 1 is 1.00 bits per heavy atom. The fourth-order valence-electron chi connectivity index (χ4n) is 7.22. The molecule has 0 radical (unpaired) electrons. The van der Waals surface area contributed by atoms with Crippen molar-refractivity contribution in [2.75, 3.05) is 7.11 Å². The highest BCUT2D eigenvalue weighted by molar-refractivity contribution is 5.85. The first kappa shape index (κ1) is 15.2. The second-order valence-electron chi connectivity index (χ2n) is 9.35. The third-order valence-corrected chi connectivity index (χ3v) is 8.51. The molecule has 0 amide bonds. The summed E-state index contributed by atoms with van der Waals surface area (Å²) in [6, 6.07) is 0. The zero-order chi connectivity index (χ0) is 15.5. The number of hydrogen-bond donors (Lipinski definition) is 0. The molecule has 0 spiro atoms. The first-order valence-corrected chi connectivity index (χ1v) is 9.55. The Morgan fingerprint density at radius 3 is 2.55 bits per heavy atom. The van der Waals surface area contributed by atoms with E-state index < -0.39 is 0 Å². The molecule has 0 bridgehead atoms. The van der Waals surface area contributed by atoms with Gasteiger partial charge in [0.25, 0.3) is 5.78 Å². The van der Waals surface area contributed by atoms with Crippen LogP contribution in [0.1, 0.15) is 71.6 Å². The molecule has 4 aliphatic rings. The largest absolute Gasteiger partial charge is 0.381 e. The smallest absolute Gasteiger partial charge is 0.296 e. The van der Waals surface area contributed by atoms with E-state index in [1.807, 2.05) is 7.11 Å². The molecule has 4 saturated carbocycles. The first-order chi connectivity index (χ1) is 10.5. The molecule has 0 aromatic rings. The van der Waals surface area contributed by atoms with Crippen LogP contribution in [0, 0.1) is 34.5 Å². The van der Waals surface area contributed by atoms with Gasteiger partial charge in [-0.05, 0) is 80.0 Å². The lowest BCUT2D eigenvalue weighted by atomic mass is 9.44. The number of methoxy groups -OCH3 is 1. The van der Waals surface area contributed by atoms with Crippen LogP contribution in [0.25, 0.3) is 0 Å². The molecule has 4 aliphatic carbocycles. The van der Waals surface area contributed by atoms with Crippen LogP contribution in [0.5, 0.6) is 0 Å².